The van der Waals surface area contributed by atoms with Crippen LogP contribution in [0, 0.1) is 6.92 Å². The Hall–Kier alpha value is -1.10. The molecule has 2 N–H and O–H groups in total. The number of aryl methyl sites for hydroxylation is 2. The molecule has 1 rings (SSSR count). The standard InChI is InChI=1S/C11H20N4S/c1-5-6-12-11(16)13-8(2)10-7-15(4)14-9(10)3/h7-8H,5-6H2,1-4H3,(H2,12,13,16). The monoisotopic (exact) mass is 240 g/mol. The molecule has 1 aromatic rings. The van der Waals surface area contributed by atoms with Crippen LogP contribution >= 0.6 is 12.2 Å². The fourth-order valence-electron chi connectivity index (χ4n) is 1.61. The molecule has 16 heavy (non-hydrogen) atoms. The molecular formula is C11H20N4S. The lowest BCUT2D eigenvalue weighted by atomic mass is 10.1. The van der Waals surface area contributed by atoms with Gasteiger partial charge in [0.25, 0.3) is 0 Å². The molecule has 0 aliphatic heterocycles. The van der Waals surface area contributed by atoms with Crippen LogP contribution < -0.4 is 10.6 Å². The zero-order chi connectivity index (χ0) is 12.1. The molecule has 0 amide bonds. The molecule has 1 atom stereocenters. The lowest BCUT2D eigenvalue weighted by molar-refractivity contribution is 0.689. The van der Waals surface area contributed by atoms with Gasteiger partial charge in [0, 0.05) is 25.4 Å². The molecule has 1 aromatic heterocycles. The van der Waals surface area contributed by atoms with Crippen molar-refractivity contribution in [3.05, 3.63) is 17.5 Å². The lowest BCUT2D eigenvalue weighted by Crippen LogP contribution is -2.37. The topological polar surface area (TPSA) is 41.9 Å². The highest BCUT2D eigenvalue weighted by Gasteiger charge is 2.12. The average Bonchev–Trinajstić information content (AvgIpc) is 2.54. The lowest BCUT2D eigenvalue weighted by Gasteiger charge is -2.16. The highest BCUT2D eigenvalue weighted by atomic mass is 32.1. The molecular weight excluding hydrogens is 220 g/mol. The Morgan fingerprint density at radius 3 is 2.81 bits per heavy atom. The van der Waals surface area contributed by atoms with Crippen LogP contribution in [0.4, 0.5) is 0 Å². The summed E-state index contributed by atoms with van der Waals surface area (Å²) >= 11 is 5.20. The van der Waals surface area contributed by atoms with Crippen molar-refractivity contribution in [2.45, 2.75) is 33.2 Å². The van der Waals surface area contributed by atoms with E-state index < -0.39 is 0 Å². The molecule has 0 aliphatic carbocycles. The molecule has 0 aliphatic rings. The summed E-state index contributed by atoms with van der Waals surface area (Å²) in [4.78, 5) is 0. The van der Waals surface area contributed by atoms with Gasteiger partial charge in [-0.2, -0.15) is 5.10 Å². The summed E-state index contributed by atoms with van der Waals surface area (Å²) in [5.41, 5.74) is 2.23. The summed E-state index contributed by atoms with van der Waals surface area (Å²) in [5, 5.41) is 11.4. The second kappa shape index (κ2) is 5.84. The summed E-state index contributed by atoms with van der Waals surface area (Å²) in [6, 6.07) is 0.186. The van der Waals surface area contributed by atoms with E-state index in [1.807, 2.05) is 24.9 Å². The van der Waals surface area contributed by atoms with Gasteiger partial charge in [0.2, 0.25) is 0 Å². The highest BCUT2D eigenvalue weighted by Crippen LogP contribution is 2.14. The average molecular weight is 240 g/mol. The predicted octanol–water partition coefficient (Wildman–Crippen LogP) is 1.66. The number of hydrogen-bond acceptors (Lipinski definition) is 2. The van der Waals surface area contributed by atoms with Gasteiger partial charge in [-0.05, 0) is 32.5 Å². The van der Waals surface area contributed by atoms with Gasteiger partial charge in [0.1, 0.15) is 0 Å². The number of nitrogens with zero attached hydrogens (tertiary/aromatic N) is 2. The van der Waals surface area contributed by atoms with Crippen molar-refractivity contribution in [2.24, 2.45) is 7.05 Å². The third-order valence-electron chi connectivity index (χ3n) is 2.40. The minimum absolute atomic E-state index is 0.186. The van der Waals surface area contributed by atoms with Crippen LogP contribution in [-0.2, 0) is 7.05 Å². The first kappa shape index (κ1) is 13.0. The normalized spacial score (nSPS) is 12.2. The van der Waals surface area contributed by atoms with Crippen molar-refractivity contribution in [2.75, 3.05) is 6.54 Å². The molecule has 0 saturated carbocycles. The fraction of sp³-hybridized carbons (Fsp3) is 0.636. The summed E-state index contributed by atoms with van der Waals surface area (Å²) in [6.45, 7) is 7.12. The second-order valence-corrected chi connectivity index (χ2v) is 4.37. The van der Waals surface area contributed by atoms with E-state index >= 15 is 0 Å². The van der Waals surface area contributed by atoms with Crippen molar-refractivity contribution < 1.29 is 0 Å². The second-order valence-electron chi connectivity index (χ2n) is 3.97. The Bertz CT molecular complexity index is 359. The Morgan fingerprint density at radius 2 is 2.31 bits per heavy atom. The van der Waals surface area contributed by atoms with Crippen molar-refractivity contribution in [3.63, 3.8) is 0 Å². The van der Waals surface area contributed by atoms with E-state index in [-0.39, 0.29) is 6.04 Å². The van der Waals surface area contributed by atoms with E-state index in [9.17, 15) is 0 Å². The Morgan fingerprint density at radius 1 is 1.62 bits per heavy atom. The van der Waals surface area contributed by atoms with E-state index in [4.69, 9.17) is 12.2 Å². The maximum atomic E-state index is 5.20. The SMILES string of the molecule is CCCNC(=S)NC(C)c1cn(C)nc1C. The van der Waals surface area contributed by atoms with E-state index in [2.05, 4.69) is 29.6 Å². The molecule has 90 valence electrons. The van der Waals surface area contributed by atoms with Crippen LogP contribution in [0.3, 0.4) is 0 Å². The van der Waals surface area contributed by atoms with Gasteiger partial charge in [-0.3, -0.25) is 4.68 Å². The minimum atomic E-state index is 0.186. The van der Waals surface area contributed by atoms with Gasteiger partial charge >= 0.3 is 0 Å². The molecule has 0 bridgehead atoms. The van der Waals surface area contributed by atoms with Crippen LogP contribution in [0.2, 0.25) is 0 Å². The van der Waals surface area contributed by atoms with Crippen molar-refractivity contribution in [1.82, 2.24) is 20.4 Å². The molecule has 0 saturated heterocycles. The quantitative estimate of drug-likeness (QED) is 0.786. The Balaban J connectivity index is 2.55. The largest absolute Gasteiger partial charge is 0.363 e. The number of hydrogen-bond donors (Lipinski definition) is 2. The third-order valence-corrected chi connectivity index (χ3v) is 2.66. The van der Waals surface area contributed by atoms with E-state index in [0.717, 1.165) is 18.7 Å². The van der Waals surface area contributed by atoms with E-state index in [0.29, 0.717) is 5.11 Å². The summed E-state index contributed by atoms with van der Waals surface area (Å²) in [7, 11) is 1.93. The zero-order valence-electron chi connectivity index (χ0n) is 10.4. The summed E-state index contributed by atoms with van der Waals surface area (Å²) < 4.78 is 1.82. The van der Waals surface area contributed by atoms with Gasteiger partial charge in [-0.25, -0.2) is 0 Å². The molecule has 0 spiro atoms. The number of aromatic nitrogens is 2. The minimum Gasteiger partial charge on any atom is -0.363 e. The van der Waals surface area contributed by atoms with Crippen LogP contribution in [0.15, 0.2) is 6.20 Å². The maximum Gasteiger partial charge on any atom is 0.166 e. The first-order chi connectivity index (χ1) is 7.54. The van der Waals surface area contributed by atoms with Gasteiger partial charge in [-0.1, -0.05) is 6.92 Å². The molecule has 0 aromatic carbocycles. The van der Waals surface area contributed by atoms with Crippen LogP contribution in [0.5, 0.6) is 0 Å². The molecule has 4 nitrogen and oxygen atoms in total. The smallest absolute Gasteiger partial charge is 0.166 e. The number of thiocarbonyl (C=S) groups is 1. The van der Waals surface area contributed by atoms with Crippen LogP contribution in [-0.4, -0.2) is 21.4 Å². The van der Waals surface area contributed by atoms with Crippen LogP contribution in [0.25, 0.3) is 0 Å². The Kier molecular flexibility index (Phi) is 4.73. The molecule has 0 radical (unpaired) electrons. The van der Waals surface area contributed by atoms with Crippen LogP contribution in [0.1, 0.15) is 37.6 Å². The van der Waals surface area contributed by atoms with Gasteiger partial charge in [0.15, 0.2) is 5.11 Å². The van der Waals surface area contributed by atoms with E-state index in [1.165, 1.54) is 5.56 Å². The number of rotatable bonds is 4. The summed E-state index contributed by atoms with van der Waals surface area (Å²) in [6.07, 6.45) is 3.09. The molecule has 1 heterocycles. The van der Waals surface area contributed by atoms with Gasteiger partial charge < -0.3 is 10.6 Å². The highest BCUT2D eigenvalue weighted by molar-refractivity contribution is 7.80. The molecule has 1 unspecified atom stereocenters. The first-order valence-electron chi connectivity index (χ1n) is 5.59. The maximum absolute atomic E-state index is 5.20. The predicted molar refractivity (Wildman–Crippen MR) is 70.4 cm³/mol. The van der Waals surface area contributed by atoms with E-state index in [1.54, 1.807) is 0 Å². The number of nitrogens with one attached hydrogen (secondary N) is 2. The van der Waals surface area contributed by atoms with Crippen molar-refractivity contribution in [3.8, 4) is 0 Å². The summed E-state index contributed by atoms with van der Waals surface area (Å²) in [5.74, 6) is 0. The third kappa shape index (κ3) is 3.48. The van der Waals surface area contributed by atoms with Gasteiger partial charge in [0.05, 0.1) is 11.7 Å². The van der Waals surface area contributed by atoms with Crippen molar-refractivity contribution >= 4 is 17.3 Å². The van der Waals surface area contributed by atoms with Gasteiger partial charge in [-0.15, -0.1) is 0 Å². The fourth-order valence-corrected chi connectivity index (χ4v) is 1.89. The first-order valence-corrected chi connectivity index (χ1v) is 6.00. The Labute approximate surface area is 102 Å². The molecule has 5 heteroatoms. The molecule has 0 fully saturated rings. The zero-order valence-corrected chi connectivity index (χ0v) is 11.2. The van der Waals surface area contributed by atoms with Crippen molar-refractivity contribution in [1.29, 1.82) is 0 Å².